The highest BCUT2D eigenvalue weighted by atomic mass is 32.2. The summed E-state index contributed by atoms with van der Waals surface area (Å²) in [5, 5.41) is 3.12. The third-order valence-corrected chi connectivity index (χ3v) is 11.6. The first-order valence-corrected chi connectivity index (χ1v) is 20.6. The summed E-state index contributed by atoms with van der Waals surface area (Å²) in [6, 6.07) is 22.3. The molecule has 10 nitrogen and oxygen atoms in total. The van der Waals surface area contributed by atoms with E-state index in [0.717, 1.165) is 104 Å². The van der Waals surface area contributed by atoms with Crippen molar-refractivity contribution in [3.8, 4) is 16.9 Å². The van der Waals surface area contributed by atoms with Gasteiger partial charge in [0.05, 0.1) is 60.1 Å². The molecule has 0 saturated carbocycles. The van der Waals surface area contributed by atoms with Crippen LogP contribution in [0.25, 0.3) is 17.2 Å². The van der Waals surface area contributed by atoms with Gasteiger partial charge in [0, 0.05) is 54.6 Å². The lowest BCUT2D eigenvalue weighted by molar-refractivity contribution is -0.112. The van der Waals surface area contributed by atoms with Gasteiger partial charge in [0.2, 0.25) is 0 Å². The summed E-state index contributed by atoms with van der Waals surface area (Å²) in [7, 11) is 0.936. The Morgan fingerprint density at radius 3 is 2.56 bits per heavy atom. The minimum Gasteiger partial charge on any atom is -0.491 e. The predicted molar refractivity (Wildman–Crippen MR) is 218 cm³/mol. The molecule has 54 heavy (non-hydrogen) atoms. The Morgan fingerprint density at radius 1 is 1.00 bits per heavy atom. The van der Waals surface area contributed by atoms with E-state index in [-0.39, 0.29) is 11.9 Å². The average molecular weight is 754 g/mol. The topological polar surface area (TPSA) is 98.2 Å². The number of imidazole rings is 1. The van der Waals surface area contributed by atoms with Crippen LogP contribution in [0.1, 0.15) is 56.5 Å². The van der Waals surface area contributed by atoms with Crippen LogP contribution in [0.15, 0.2) is 83.5 Å². The Hall–Kier alpha value is -4.29. The summed E-state index contributed by atoms with van der Waals surface area (Å²) in [4.78, 5) is 23.8. The minimum atomic E-state index is -1.23. The maximum atomic E-state index is 13.9. The van der Waals surface area contributed by atoms with Crippen LogP contribution in [0, 0.1) is 6.92 Å². The van der Waals surface area contributed by atoms with Crippen molar-refractivity contribution in [1.82, 2.24) is 14.5 Å². The van der Waals surface area contributed by atoms with Gasteiger partial charge in [-0.25, -0.2) is 4.98 Å². The van der Waals surface area contributed by atoms with Crippen molar-refractivity contribution in [3.05, 3.63) is 95.6 Å². The number of benzene rings is 3. The number of unbranched alkanes of at least 4 members (excludes halogenated alkanes) is 1. The van der Waals surface area contributed by atoms with E-state index in [2.05, 4.69) is 77.4 Å². The van der Waals surface area contributed by atoms with Crippen molar-refractivity contribution in [3.63, 3.8) is 0 Å². The molecule has 2 aliphatic heterocycles. The Balaban J connectivity index is 1.19. The van der Waals surface area contributed by atoms with Gasteiger partial charge >= 0.3 is 0 Å². The number of hydrogen-bond donors (Lipinski definition) is 1. The zero-order chi connectivity index (χ0) is 37.9. The molecule has 11 heteroatoms. The summed E-state index contributed by atoms with van der Waals surface area (Å²) in [5.74, 6) is 1.08. The number of likely N-dealkylation sites (N-methyl/N-ethyl adjacent to an activating group) is 1. The van der Waals surface area contributed by atoms with Gasteiger partial charge in [0.25, 0.3) is 5.91 Å². The van der Waals surface area contributed by atoms with Crippen LogP contribution >= 0.6 is 0 Å². The largest absolute Gasteiger partial charge is 0.491 e. The number of fused-ring (bicyclic) bond motifs is 1. The SMILES string of the molecule is CCCCOCCOc1ccc(-c2ccc3c(c2)/C=C(/C(=O)Nc2ccc([S@](=O)Cc4c(C)ncn4CC)cc2)CCCN3CC2COCCN2C)cc1. The number of aromatic nitrogens is 2. The monoisotopic (exact) mass is 753 g/mol. The molecule has 2 atom stereocenters. The van der Waals surface area contributed by atoms with Crippen molar-refractivity contribution >= 4 is 34.2 Å². The van der Waals surface area contributed by atoms with Crippen LogP contribution in [0.5, 0.6) is 5.75 Å². The van der Waals surface area contributed by atoms with E-state index in [0.29, 0.717) is 42.6 Å². The molecule has 4 aromatic rings. The van der Waals surface area contributed by atoms with Crippen molar-refractivity contribution in [2.45, 2.75) is 69.7 Å². The minimum absolute atomic E-state index is 0.128. The first kappa shape index (κ1) is 39.4. The summed E-state index contributed by atoms with van der Waals surface area (Å²) in [5.41, 5.74) is 7.54. The molecule has 0 aliphatic carbocycles. The lowest BCUT2D eigenvalue weighted by Crippen LogP contribution is -2.49. The number of hydrogen-bond acceptors (Lipinski definition) is 8. The zero-order valence-electron chi connectivity index (χ0n) is 32.2. The molecule has 3 aromatic carbocycles. The molecule has 0 radical (unpaired) electrons. The van der Waals surface area contributed by atoms with E-state index in [9.17, 15) is 9.00 Å². The summed E-state index contributed by atoms with van der Waals surface area (Å²) >= 11 is 0. The second-order valence-corrected chi connectivity index (χ2v) is 15.5. The van der Waals surface area contributed by atoms with Gasteiger partial charge in [0.15, 0.2) is 0 Å². The van der Waals surface area contributed by atoms with Crippen LogP contribution in [0.3, 0.4) is 0 Å². The van der Waals surface area contributed by atoms with Crippen molar-refractivity contribution in [2.75, 3.05) is 69.9 Å². The van der Waals surface area contributed by atoms with Gasteiger partial charge in [-0.05, 0) is 111 Å². The fraction of sp³-hybridized carbons (Fsp3) is 0.442. The molecule has 1 saturated heterocycles. The first-order chi connectivity index (χ1) is 26.3. The van der Waals surface area contributed by atoms with E-state index in [4.69, 9.17) is 14.2 Å². The fourth-order valence-corrected chi connectivity index (χ4v) is 8.15. The summed E-state index contributed by atoms with van der Waals surface area (Å²) in [6.07, 6.45) is 7.52. The maximum absolute atomic E-state index is 13.9. The number of aryl methyl sites for hydroxylation is 2. The molecular formula is C43H55N5O5S. The Morgan fingerprint density at radius 2 is 1.80 bits per heavy atom. The number of nitrogens with zero attached hydrogens (tertiary/aromatic N) is 4. The molecule has 1 amide bonds. The van der Waals surface area contributed by atoms with E-state index >= 15 is 0 Å². The number of rotatable bonds is 16. The molecule has 288 valence electrons. The maximum Gasteiger partial charge on any atom is 0.251 e. The Kier molecular flexibility index (Phi) is 14.1. The standard InChI is InChI=1S/C43H55N5O5S/c1-5-7-22-51-24-25-53-39-15-10-33(11-16-39)34-12-19-41-36(26-34)27-35(9-8-20-48(41)28-38-29-52-23-21-46(38)4)43(49)45-37-13-17-40(18-14-37)54(50)30-42-32(3)44-31-47(42)6-2/h10-19,26-27,31,38H,5-9,20-25,28-30H2,1-4H3,(H,45,49)/b35-27+/t38?,54-/m1/s1. The van der Waals surface area contributed by atoms with Gasteiger partial charge in [-0.1, -0.05) is 31.5 Å². The normalized spacial score (nSPS) is 17.9. The third kappa shape index (κ3) is 10.3. The molecule has 0 spiro atoms. The molecular weight excluding hydrogens is 699 g/mol. The second-order valence-electron chi connectivity index (χ2n) is 14.1. The molecule has 0 bridgehead atoms. The molecule has 1 aromatic heterocycles. The number of anilines is 2. The number of carbonyl (C=O) groups is 1. The van der Waals surface area contributed by atoms with E-state index in [1.54, 1.807) is 6.33 Å². The van der Waals surface area contributed by atoms with E-state index in [1.165, 1.54) is 0 Å². The lowest BCUT2D eigenvalue weighted by atomic mass is 9.96. The van der Waals surface area contributed by atoms with Crippen LogP contribution in [-0.4, -0.2) is 90.3 Å². The molecule has 1 N–H and O–H groups in total. The highest BCUT2D eigenvalue weighted by Gasteiger charge is 2.25. The zero-order valence-corrected chi connectivity index (χ0v) is 33.0. The van der Waals surface area contributed by atoms with Crippen LogP contribution in [0.2, 0.25) is 0 Å². The van der Waals surface area contributed by atoms with Crippen molar-refractivity contribution < 1.29 is 23.2 Å². The number of morpholine rings is 1. The quantitative estimate of drug-likeness (QED) is 0.119. The smallest absolute Gasteiger partial charge is 0.251 e. The Bertz CT molecular complexity index is 1890. The average Bonchev–Trinajstić information content (AvgIpc) is 3.53. The Labute approximate surface area is 323 Å². The van der Waals surface area contributed by atoms with Gasteiger partial charge in [-0.15, -0.1) is 0 Å². The van der Waals surface area contributed by atoms with Gasteiger partial charge in [0.1, 0.15) is 12.4 Å². The van der Waals surface area contributed by atoms with Gasteiger partial charge in [-0.3, -0.25) is 13.9 Å². The second kappa shape index (κ2) is 19.3. The van der Waals surface area contributed by atoms with Crippen molar-refractivity contribution in [1.29, 1.82) is 0 Å². The molecule has 1 fully saturated rings. The summed E-state index contributed by atoms with van der Waals surface area (Å²) in [6.45, 7) is 12.9. The number of amides is 1. The fourth-order valence-electron chi connectivity index (χ4n) is 6.92. The van der Waals surface area contributed by atoms with Crippen LogP contribution in [0.4, 0.5) is 11.4 Å². The van der Waals surface area contributed by atoms with Gasteiger partial charge < -0.3 is 29.0 Å². The van der Waals surface area contributed by atoms with E-state index in [1.807, 2.05) is 47.9 Å². The first-order valence-electron chi connectivity index (χ1n) is 19.3. The number of carbonyl (C=O) groups excluding carboxylic acids is 1. The third-order valence-electron chi connectivity index (χ3n) is 10.3. The van der Waals surface area contributed by atoms with Crippen LogP contribution < -0.4 is 15.0 Å². The lowest BCUT2D eigenvalue weighted by Gasteiger charge is -2.38. The molecule has 2 aliphatic rings. The summed E-state index contributed by atoms with van der Waals surface area (Å²) < 4.78 is 32.7. The van der Waals surface area contributed by atoms with Crippen molar-refractivity contribution in [2.24, 2.45) is 0 Å². The molecule has 3 heterocycles. The highest BCUT2D eigenvalue weighted by Crippen LogP contribution is 2.33. The number of nitrogens with one attached hydrogen (secondary N) is 1. The highest BCUT2D eigenvalue weighted by molar-refractivity contribution is 7.84. The van der Waals surface area contributed by atoms with Gasteiger partial charge in [-0.2, -0.15) is 0 Å². The molecule has 6 rings (SSSR count). The van der Waals surface area contributed by atoms with E-state index < -0.39 is 10.8 Å². The molecule has 1 unspecified atom stereocenters. The van der Waals surface area contributed by atoms with Crippen LogP contribution in [-0.2, 0) is 37.4 Å². The predicted octanol–water partition coefficient (Wildman–Crippen LogP) is 7.33. The number of ether oxygens (including phenoxy) is 3.